The predicted octanol–water partition coefficient (Wildman–Crippen LogP) is -5.27. The van der Waals surface area contributed by atoms with Crippen LogP contribution in [0.5, 0.6) is 5.75 Å². The minimum absolute atomic E-state index is 0.0670. The van der Waals surface area contributed by atoms with E-state index in [0.717, 1.165) is 4.90 Å². The Morgan fingerprint density at radius 3 is 2.17 bits per heavy atom. The molecule has 3 aliphatic heterocycles. The van der Waals surface area contributed by atoms with Crippen molar-refractivity contribution >= 4 is 105 Å². The molecule has 0 saturated carbocycles. The maximum absolute atomic E-state index is 15.2. The molecule has 1 unspecified atom stereocenters. The van der Waals surface area contributed by atoms with E-state index in [-0.39, 0.29) is 52.7 Å². The van der Waals surface area contributed by atoms with Crippen molar-refractivity contribution in [2.75, 3.05) is 57.9 Å². The average Bonchev–Trinajstić information content (AvgIpc) is 4.22. The lowest BCUT2D eigenvalue weighted by Crippen LogP contribution is -2.60. The summed E-state index contributed by atoms with van der Waals surface area (Å²) in [5.74, 6) is -12.2. The van der Waals surface area contributed by atoms with E-state index in [9.17, 15) is 72.9 Å². The van der Waals surface area contributed by atoms with Gasteiger partial charge in [-0.05, 0) is 30.9 Å². The zero-order valence-electron chi connectivity index (χ0n) is 45.7. The molecular formula is C51H72N12O17S2. The first-order chi connectivity index (χ1) is 39.0. The van der Waals surface area contributed by atoms with Crippen LogP contribution in [0.25, 0.3) is 10.9 Å². The normalized spacial score (nSPS) is 24.2. The number of thioether (sulfide) groups is 1. The first-order valence-corrected chi connectivity index (χ1v) is 29.0. The quantitative estimate of drug-likeness (QED) is 0.0377. The highest BCUT2D eigenvalue weighted by Crippen LogP contribution is 2.37. The van der Waals surface area contributed by atoms with Gasteiger partial charge in [0.25, 0.3) is 11.8 Å². The van der Waals surface area contributed by atoms with Crippen molar-refractivity contribution < 1.29 is 82.1 Å². The van der Waals surface area contributed by atoms with Gasteiger partial charge in [0.1, 0.15) is 35.7 Å². The number of nitrogens with two attached hydrogens (primary N) is 1. The molecule has 12 amide bonds. The highest BCUT2D eigenvalue weighted by atomic mass is 32.2. The van der Waals surface area contributed by atoms with Gasteiger partial charge in [-0.3, -0.25) is 62.4 Å². The number of hydrogen-bond acceptors (Lipinski definition) is 18. The number of aliphatic hydroxyl groups is 3. The number of carbonyl (C=O) groups is 12. The number of β-amino-alcohol motifs (C(OH)–C–C–N with tert-alkyl or cyclic N) is 1. The van der Waals surface area contributed by atoms with Crippen LogP contribution < -0.4 is 58.3 Å². The van der Waals surface area contributed by atoms with E-state index in [1.165, 1.54) is 37.9 Å². The number of aliphatic hydroxyl groups excluding tert-OH is 3. The number of methoxy groups -OCH3 is 1. The lowest BCUT2D eigenvalue weighted by atomic mass is 9.94. The molecule has 3 aliphatic rings. The number of aromatic amines is 1. The molecule has 2 aromatic rings. The monoisotopic (exact) mass is 1190 g/mol. The van der Waals surface area contributed by atoms with Crippen LogP contribution in [0.3, 0.4) is 0 Å². The summed E-state index contributed by atoms with van der Waals surface area (Å²) in [7, 11) is 1.39. The minimum Gasteiger partial charge on any atom is -0.610 e. The Hall–Kier alpha value is -7.32. The van der Waals surface area contributed by atoms with Gasteiger partial charge >= 0.3 is 0 Å². The summed E-state index contributed by atoms with van der Waals surface area (Å²) in [5, 5.41) is 54.0. The first kappa shape index (κ1) is 65.5. The number of imide groups is 1. The summed E-state index contributed by atoms with van der Waals surface area (Å²) in [5.41, 5.74) is 6.28. The van der Waals surface area contributed by atoms with E-state index in [1.54, 1.807) is 26.0 Å². The summed E-state index contributed by atoms with van der Waals surface area (Å²) in [6, 6.07) is -5.32. The molecule has 1 aromatic carbocycles. The molecule has 4 heterocycles. The second-order valence-corrected chi connectivity index (χ2v) is 22.4. The largest absolute Gasteiger partial charge is 0.610 e. The molecule has 10 atom stereocenters. The highest BCUT2D eigenvalue weighted by molar-refractivity contribution is 7.98. The van der Waals surface area contributed by atoms with Gasteiger partial charge in [-0.1, -0.05) is 27.2 Å². The smallest absolute Gasteiger partial charge is 0.253 e. The van der Waals surface area contributed by atoms with Crippen LogP contribution in [0.4, 0.5) is 0 Å². The molecule has 0 saturated heterocycles. The molecular weight excluding hydrogens is 1120 g/mol. The first-order valence-electron chi connectivity index (χ1n) is 26.5. The van der Waals surface area contributed by atoms with E-state index < -0.39 is 182 Å². The second-order valence-electron chi connectivity index (χ2n) is 19.9. The number of rotatable bonds is 18. The number of aromatic nitrogens is 1. The molecule has 0 fully saturated rings. The van der Waals surface area contributed by atoms with Gasteiger partial charge in [0.2, 0.25) is 64.1 Å². The molecule has 29 nitrogen and oxygen atoms in total. The van der Waals surface area contributed by atoms with Crippen molar-refractivity contribution in [3.63, 3.8) is 0 Å². The Bertz CT molecular complexity index is 2740. The molecule has 450 valence electrons. The molecule has 2 bridgehead atoms. The van der Waals surface area contributed by atoms with Crippen LogP contribution in [-0.2, 0) is 80.9 Å². The lowest BCUT2D eigenvalue weighted by Gasteiger charge is -2.29. The van der Waals surface area contributed by atoms with E-state index in [1.807, 2.05) is 0 Å². The SMILES string of the molecule is CC[C@H](C)[C@@H]1NC(=O)CNC(=O)[C@@H]2Cc3c([nH]c4c(CSCCNC(=O)CCCCN5C(=O)C=CC5=O)c(OC)ccc34)[S+]([O-])C[C@H](NC(=O)CNC1=O)C(=O)N[C@@H](CC(N)=O)C(=O)NC[C@H](O)CC(=O)N[C@@H]([C@@H](C)[C@@H](O)CO)C(=O)N2. The molecule has 5 rings (SSSR count). The second kappa shape index (κ2) is 31.2. The van der Waals surface area contributed by atoms with Crippen LogP contribution >= 0.6 is 11.8 Å². The minimum atomic E-state index is -2.47. The van der Waals surface area contributed by atoms with Crippen molar-refractivity contribution in [2.45, 2.75) is 119 Å². The third-order valence-electron chi connectivity index (χ3n) is 13.9. The van der Waals surface area contributed by atoms with Gasteiger partial charge in [-0.25, -0.2) is 0 Å². The van der Waals surface area contributed by atoms with Crippen LogP contribution in [0.15, 0.2) is 29.3 Å². The zero-order valence-corrected chi connectivity index (χ0v) is 47.4. The number of benzene rings is 1. The number of carbonyl (C=O) groups excluding carboxylic acids is 12. The van der Waals surface area contributed by atoms with E-state index in [4.69, 9.17) is 10.5 Å². The van der Waals surface area contributed by atoms with Crippen molar-refractivity contribution in [1.82, 2.24) is 57.7 Å². The number of H-pyrrole nitrogens is 1. The fourth-order valence-corrected chi connectivity index (χ4v) is 11.3. The van der Waals surface area contributed by atoms with E-state index >= 15 is 4.55 Å². The fourth-order valence-electron chi connectivity index (χ4n) is 9.00. The standard InChI is InChI=1S/C51H72N12O17S2/c1-5-25(2)43-49(77)56-20-39(70)57-33-24-82(79)51-29(28-9-10-35(80-4)30(45(28)62-51)23-81-15-13-53-37(68)8-6-7-14-63-41(72)11-12-42(63)73)17-31(46(74)55-21-40(71)61-43)59-50(78)44(26(3)34(66)22-64)60-38(69)16-27(65)19-54-47(75)32(18-36(52)67)58-48(33)76/h9-12,25-27,31-34,43-44,62,64-66H,5-8,13-24H2,1-4H3,(H2,52,67)(H,53,68)(H,54,75)(H,55,74)(H,56,77)(H,57,70)(H,58,76)(H,59,78)(H,60,69)(H,61,71)/t25-,26-,27+,31-,32-,33-,34-,43-,44-,82?/m0/s1. The number of nitrogens with zero attached hydrogens (tertiary/aromatic N) is 1. The molecule has 0 spiro atoms. The summed E-state index contributed by atoms with van der Waals surface area (Å²) >= 11 is -1.13. The zero-order chi connectivity index (χ0) is 60.4. The number of ether oxygens (including phenoxy) is 1. The van der Waals surface area contributed by atoms with Crippen LogP contribution in [-0.4, -0.2) is 201 Å². The number of fused-ring (bicyclic) bond motifs is 4. The van der Waals surface area contributed by atoms with Gasteiger partial charge in [0.15, 0.2) is 6.04 Å². The van der Waals surface area contributed by atoms with E-state index in [0.29, 0.717) is 36.3 Å². The summed E-state index contributed by atoms with van der Waals surface area (Å²) < 4.78 is 20.9. The predicted molar refractivity (Wildman–Crippen MR) is 294 cm³/mol. The maximum atomic E-state index is 15.2. The average molecular weight is 1190 g/mol. The number of hydrogen-bond donors (Lipinski definition) is 14. The molecule has 31 heteroatoms. The number of amides is 12. The Morgan fingerprint density at radius 2 is 1.51 bits per heavy atom. The van der Waals surface area contributed by atoms with Gasteiger partial charge < -0.3 is 83.2 Å². The maximum Gasteiger partial charge on any atom is 0.253 e. The molecule has 0 radical (unpaired) electrons. The van der Waals surface area contributed by atoms with Gasteiger partial charge in [-0.2, -0.15) is 11.8 Å². The van der Waals surface area contributed by atoms with Crippen LogP contribution in [0.2, 0.25) is 0 Å². The van der Waals surface area contributed by atoms with Crippen molar-refractivity contribution in [1.29, 1.82) is 0 Å². The van der Waals surface area contributed by atoms with Crippen LogP contribution in [0.1, 0.15) is 70.4 Å². The Kier molecular flexibility index (Phi) is 24.9. The van der Waals surface area contributed by atoms with Gasteiger partial charge in [-0.15, -0.1) is 0 Å². The van der Waals surface area contributed by atoms with Crippen molar-refractivity contribution in [3.05, 3.63) is 35.4 Å². The highest BCUT2D eigenvalue weighted by Gasteiger charge is 2.39. The van der Waals surface area contributed by atoms with Crippen LogP contribution in [0, 0.1) is 11.8 Å². The number of unbranched alkanes of at least 4 members (excludes halogenated alkanes) is 1. The Balaban J connectivity index is 1.62. The Morgan fingerprint density at radius 1 is 0.841 bits per heavy atom. The van der Waals surface area contributed by atoms with E-state index in [2.05, 4.69) is 52.8 Å². The number of nitrogens with one attached hydrogen (secondary N) is 10. The summed E-state index contributed by atoms with van der Waals surface area (Å²) in [6.07, 6.45) is -1.89. The summed E-state index contributed by atoms with van der Waals surface area (Å²) in [4.78, 5) is 165. The third kappa shape index (κ3) is 18.3. The van der Waals surface area contributed by atoms with Gasteiger partial charge in [0.05, 0.1) is 57.4 Å². The molecule has 1 aromatic heterocycles. The van der Waals surface area contributed by atoms with Gasteiger partial charge in [0, 0.05) is 89.7 Å². The Labute approximate surface area is 478 Å². The van der Waals surface area contributed by atoms with Crippen molar-refractivity contribution in [2.24, 2.45) is 17.6 Å². The lowest BCUT2D eigenvalue weighted by molar-refractivity contribution is -0.137. The third-order valence-corrected chi connectivity index (χ3v) is 16.3. The summed E-state index contributed by atoms with van der Waals surface area (Å²) in [6.45, 7) is 1.89. The molecule has 0 aliphatic carbocycles. The molecule has 15 N–H and O–H groups in total. The topological polar surface area (TPSA) is 451 Å². The fraction of sp³-hybridized carbons (Fsp3) is 0.569. The number of primary amides is 1. The van der Waals surface area contributed by atoms with Crippen molar-refractivity contribution in [3.8, 4) is 5.75 Å². The molecule has 82 heavy (non-hydrogen) atoms.